The summed E-state index contributed by atoms with van der Waals surface area (Å²) in [6, 6.07) is 21.6. The minimum atomic E-state index is -0.178. The van der Waals surface area contributed by atoms with E-state index in [0.29, 0.717) is 12.3 Å². The van der Waals surface area contributed by atoms with E-state index in [4.69, 9.17) is 13.9 Å². The number of fused-ring (bicyclic) bond motifs is 1. The molecule has 32 heavy (non-hydrogen) atoms. The van der Waals surface area contributed by atoms with Gasteiger partial charge in [0.25, 0.3) is 0 Å². The van der Waals surface area contributed by atoms with Crippen molar-refractivity contribution in [2.45, 2.75) is 13.5 Å². The monoisotopic (exact) mass is 427 g/mol. The molecule has 1 N–H and O–H groups in total. The van der Waals surface area contributed by atoms with Crippen molar-refractivity contribution in [2.75, 3.05) is 14.2 Å². The van der Waals surface area contributed by atoms with Gasteiger partial charge in [0.1, 0.15) is 17.1 Å². The Bertz CT molecular complexity index is 1270. The Balaban J connectivity index is 1.60. The van der Waals surface area contributed by atoms with Gasteiger partial charge in [-0.15, -0.1) is 0 Å². The van der Waals surface area contributed by atoms with Crippen molar-refractivity contribution in [1.29, 1.82) is 0 Å². The normalized spacial score (nSPS) is 11.4. The highest BCUT2D eigenvalue weighted by atomic mass is 16.5. The smallest absolute Gasteiger partial charge is 0.244 e. The number of benzene rings is 3. The Morgan fingerprint density at radius 1 is 1.00 bits per heavy atom. The van der Waals surface area contributed by atoms with E-state index >= 15 is 0 Å². The molecule has 0 saturated carbocycles. The Labute approximate surface area is 187 Å². The van der Waals surface area contributed by atoms with Crippen LogP contribution in [-0.4, -0.2) is 20.1 Å². The Morgan fingerprint density at radius 3 is 2.56 bits per heavy atom. The van der Waals surface area contributed by atoms with Gasteiger partial charge in [-0.2, -0.15) is 0 Å². The Morgan fingerprint density at radius 2 is 1.81 bits per heavy atom. The van der Waals surface area contributed by atoms with Crippen LogP contribution in [0.3, 0.4) is 0 Å². The van der Waals surface area contributed by atoms with Crippen molar-refractivity contribution >= 4 is 22.4 Å². The van der Waals surface area contributed by atoms with Gasteiger partial charge in [0, 0.05) is 35.2 Å². The maximum absolute atomic E-state index is 12.6. The van der Waals surface area contributed by atoms with Crippen molar-refractivity contribution in [3.8, 4) is 22.6 Å². The van der Waals surface area contributed by atoms with E-state index in [2.05, 4.69) is 5.32 Å². The fourth-order valence-electron chi connectivity index (χ4n) is 3.67. The standard InChI is InChI=1S/C27H25NO4/c1-18(12-27(29)28-16-19-8-7-11-21(13-19)30-2)22-14-23-24(20-9-5-4-6-10-20)17-32-26(23)15-25(22)31-3/h4-15,17H,16H2,1-3H3,(H,28,29)/b18-12+. The van der Waals surface area contributed by atoms with Gasteiger partial charge in [0.15, 0.2) is 0 Å². The molecule has 0 saturated heterocycles. The van der Waals surface area contributed by atoms with Gasteiger partial charge >= 0.3 is 0 Å². The highest BCUT2D eigenvalue weighted by molar-refractivity contribution is 6.00. The molecular formula is C27H25NO4. The van der Waals surface area contributed by atoms with Gasteiger partial charge in [0.2, 0.25) is 5.91 Å². The van der Waals surface area contributed by atoms with E-state index in [1.54, 1.807) is 26.6 Å². The maximum atomic E-state index is 12.6. The number of hydrogen-bond donors (Lipinski definition) is 1. The second-order valence-electron chi connectivity index (χ2n) is 7.46. The van der Waals surface area contributed by atoms with Gasteiger partial charge in [-0.3, -0.25) is 4.79 Å². The number of nitrogens with one attached hydrogen (secondary N) is 1. The molecule has 1 aromatic heterocycles. The zero-order valence-electron chi connectivity index (χ0n) is 18.3. The van der Waals surface area contributed by atoms with Gasteiger partial charge in [-0.1, -0.05) is 42.5 Å². The third-order valence-corrected chi connectivity index (χ3v) is 5.35. The molecule has 162 valence electrons. The molecule has 4 rings (SSSR count). The lowest BCUT2D eigenvalue weighted by molar-refractivity contribution is -0.116. The van der Waals surface area contributed by atoms with Crippen LogP contribution in [0.5, 0.6) is 11.5 Å². The summed E-state index contributed by atoms with van der Waals surface area (Å²) in [6.45, 7) is 2.31. The van der Waals surface area contributed by atoms with Gasteiger partial charge in [-0.25, -0.2) is 0 Å². The zero-order valence-corrected chi connectivity index (χ0v) is 18.3. The number of rotatable bonds is 7. The molecule has 3 aromatic carbocycles. The number of amides is 1. The first-order chi connectivity index (χ1) is 15.6. The number of allylic oxidation sites excluding steroid dienone is 1. The van der Waals surface area contributed by atoms with E-state index in [1.807, 2.05) is 73.7 Å². The third kappa shape index (κ3) is 4.52. The molecule has 0 aliphatic heterocycles. The molecule has 0 radical (unpaired) electrons. The van der Waals surface area contributed by atoms with Crippen molar-refractivity contribution < 1.29 is 18.7 Å². The topological polar surface area (TPSA) is 60.7 Å². The van der Waals surface area contributed by atoms with Crippen LogP contribution < -0.4 is 14.8 Å². The number of carbonyl (C=O) groups is 1. The molecule has 0 aliphatic carbocycles. The highest BCUT2D eigenvalue weighted by Crippen LogP contribution is 2.37. The molecule has 0 bridgehead atoms. The number of hydrogen-bond acceptors (Lipinski definition) is 4. The lowest BCUT2D eigenvalue weighted by atomic mass is 9.99. The SMILES string of the molecule is COc1cccc(CNC(=O)/C=C(\C)c2cc3c(-c4ccccc4)coc3cc2OC)c1. The van der Waals surface area contributed by atoms with E-state index in [1.165, 1.54) is 0 Å². The molecule has 0 aliphatic rings. The summed E-state index contributed by atoms with van der Waals surface area (Å²) < 4.78 is 16.6. The lowest BCUT2D eigenvalue weighted by Crippen LogP contribution is -2.20. The fraction of sp³-hybridized carbons (Fsp3) is 0.148. The van der Waals surface area contributed by atoms with E-state index in [0.717, 1.165) is 44.5 Å². The average molecular weight is 428 g/mol. The minimum Gasteiger partial charge on any atom is -0.497 e. The average Bonchev–Trinajstić information content (AvgIpc) is 3.25. The predicted molar refractivity (Wildman–Crippen MR) is 127 cm³/mol. The summed E-state index contributed by atoms with van der Waals surface area (Å²) in [7, 11) is 3.24. The van der Waals surface area contributed by atoms with Crippen LogP contribution >= 0.6 is 0 Å². The first-order valence-electron chi connectivity index (χ1n) is 10.3. The van der Waals surface area contributed by atoms with E-state index in [9.17, 15) is 4.79 Å². The first kappa shape index (κ1) is 21.2. The zero-order chi connectivity index (χ0) is 22.5. The summed E-state index contributed by atoms with van der Waals surface area (Å²) >= 11 is 0. The highest BCUT2D eigenvalue weighted by Gasteiger charge is 2.15. The number of furan rings is 1. The predicted octanol–water partition coefficient (Wildman–Crippen LogP) is 5.84. The maximum Gasteiger partial charge on any atom is 0.244 e. The van der Waals surface area contributed by atoms with E-state index in [-0.39, 0.29) is 5.91 Å². The number of methoxy groups -OCH3 is 2. The summed E-state index contributed by atoms with van der Waals surface area (Å²) in [4.78, 5) is 12.6. The fourth-order valence-corrected chi connectivity index (χ4v) is 3.67. The second-order valence-corrected chi connectivity index (χ2v) is 7.46. The van der Waals surface area contributed by atoms with Gasteiger partial charge < -0.3 is 19.2 Å². The second kappa shape index (κ2) is 9.43. The summed E-state index contributed by atoms with van der Waals surface area (Å²) in [6.07, 6.45) is 3.34. The summed E-state index contributed by atoms with van der Waals surface area (Å²) in [5, 5.41) is 3.90. The molecule has 5 nitrogen and oxygen atoms in total. The molecule has 5 heteroatoms. The van der Waals surface area contributed by atoms with Crippen molar-refractivity contribution in [3.05, 3.63) is 90.2 Å². The number of carbonyl (C=O) groups excluding carboxylic acids is 1. The van der Waals surface area contributed by atoms with Crippen LogP contribution in [0.2, 0.25) is 0 Å². The van der Waals surface area contributed by atoms with Crippen LogP contribution in [0.25, 0.3) is 27.7 Å². The lowest BCUT2D eigenvalue weighted by Gasteiger charge is -2.10. The van der Waals surface area contributed by atoms with Crippen molar-refractivity contribution in [1.82, 2.24) is 5.32 Å². The minimum absolute atomic E-state index is 0.178. The summed E-state index contributed by atoms with van der Waals surface area (Å²) in [5.74, 6) is 1.24. The molecule has 0 unspecified atom stereocenters. The largest absolute Gasteiger partial charge is 0.497 e. The van der Waals surface area contributed by atoms with E-state index < -0.39 is 0 Å². The number of ether oxygens (including phenoxy) is 2. The Hall–Kier alpha value is -3.99. The molecule has 0 atom stereocenters. The quantitative estimate of drug-likeness (QED) is 0.377. The Kier molecular flexibility index (Phi) is 6.26. The summed E-state index contributed by atoms with van der Waals surface area (Å²) in [5.41, 5.74) is 5.41. The van der Waals surface area contributed by atoms with Crippen LogP contribution in [-0.2, 0) is 11.3 Å². The molecule has 0 fully saturated rings. The molecule has 1 amide bonds. The van der Waals surface area contributed by atoms with Crippen molar-refractivity contribution in [3.63, 3.8) is 0 Å². The van der Waals surface area contributed by atoms with Crippen LogP contribution in [0.1, 0.15) is 18.1 Å². The van der Waals surface area contributed by atoms with Crippen LogP contribution in [0.4, 0.5) is 0 Å². The van der Waals surface area contributed by atoms with Crippen molar-refractivity contribution in [2.24, 2.45) is 0 Å². The molecule has 4 aromatic rings. The van der Waals surface area contributed by atoms with Crippen LogP contribution in [0.15, 0.2) is 83.5 Å². The molecule has 1 heterocycles. The molecule has 0 spiro atoms. The first-order valence-corrected chi connectivity index (χ1v) is 10.3. The van der Waals surface area contributed by atoms with Crippen LogP contribution in [0, 0.1) is 0 Å². The third-order valence-electron chi connectivity index (χ3n) is 5.35. The van der Waals surface area contributed by atoms with Gasteiger partial charge in [0.05, 0.1) is 20.5 Å². The molecular weight excluding hydrogens is 402 g/mol. The van der Waals surface area contributed by atoms with Gasteiger partial charge in [-0.05, 0) is 41.8 Å².